The first-order chi connectivity index (χ1) is 13.2. The van der Waals surface area contributed by atoms with Gasteiger partial charge in [-0.25, -0.2) is 22.6 Å². The molecule has 150 valence electrons. The molecule has 11 heteroatoms. The highest BCUT2D eigenvalue weighted by atomic mass is 32.2. The number of halogens is 2. The lowest BCUT2D eigenvalue weighted by Gasteiger charge is -2.17. The second-order valence-electron chi connectivity index (χ2n) is 6.13. The standard InChI is InChI=1S/C17H17F2N3O5S/c1-2-14-15(19)16(21-9-20-14)27-10-5-6-22(8-10)28(25,26)11-3-4-13(18)12(7-11)17(23)24/h3-4,7,9-10H,2,5-6,8H2,1H3,(H,23,24)/t10-/m0/s1. The predicted octanol–water partition coefficient (Wildman–Crippen LogP) is 1.86. The van der Waals surface area contributed by atoms with Gasteiger partial charge in [0.25, 0.3) is 5.88 Å². The summed E-state index contributed by atoms with van der Waals surface area (Å²) in [5.41, 5.74) is -0.539. The summed E-state index contributed by atoms with van der Waals surface area (Å²) in [5, 5.41) is 8.98. The van der Waals surface area contributed by atoms with Crippen LogP contribution in [0.2, 0.25) is 0 Å². The quantitative estimate of drug-likeness (QED) is 0.770. The Morgan fingerprint density at radius 1 is 1.36 bits per heavy atom. The molecular weight excluding hydrogens is 396 g/mol. The topological polar surface area (TPSA) is 110 Å². The Bertz CT molecular complexity index is 1020. The van der Waals surface area contributed by atoms with E-state index in [-0.39, 0.29) is 36.0 Å². The number of benzene rings is 1. The molecule has 0 bridgehead atoms. The van der Waals surface area contributed by atoms with Crippen molar-refractivity contribution in [3.05, 3.63) is 47.4 Å². The first-order valence-electron chi connectivity index (χ1n) is 8.43. The molecule has 1 N–H and O–H groups in total. The fraction of sp³-hybridized carbons (Fsp3) is 0.353. The summed E-state index contributed by atoms with van der Waals surface area (Å²) >= 11 is 0. The number of carboxylic acids is 1. The summed E-state index contributed by atoms with van der Waals surface area (Å²) in [5.74, 6) is -3.52. The van der Waals surface area contributed by atoms with Crippen molar-refractivity contribution in [2.45, 2.75) is 30.8 Å². The maximum Gasteiger partial charge on any atom is 0.338 e. The molecule has 28 heavy (non-hydrogen) atoms. The molecule has 1 fully saturated rings. The molecule has 0 saturated carbocycles. The summed E-state index contributed by atoms with van der Waals surface area (Å²) in [6.45, 7) is 1.74. The summed E-state index contributed by atoms with van der Waals surface area (Å²) in [6.07, 6.45) is 1.18. The van der Waals surface area contributed by atoms with Crippen LogP contribution in [0, 0.1) is 11.6 Å². The molecule has 1 saturated heterocycles. The summed E-state index contributed by atoms with van der Waals surface area (Å²) in [7, 11) is -4.06. The number of carboxylic acid groups (broad SMARTS) is 1. The Morgan fingerprint density at radius 3 is 2.79 bits per heavy atom. The number of nitrogens with zero attached hydrogens (tertiary/aromatic N) is 3. The van der Waals surface area contributed by atoms with Crippen molar-refractivity contribution in [2.75, 3.05) is 13.1 Å². The zero-order valence-electron chi connectivity index (χ0n) is 14.8. The SMILES string of the molecule is CCc1ncnc(O[C@H]2CCN(S(=O)(=O)c3ccc(F)c(C(=O)O)c3)C2)c1F. The Morgan fingerprint density at radius 2 is 2.11 bits per heavy atom. The van der Waals surface area contributed by atoms with E-state index in [0.29, 0.717) is 6.42 Å². The van der Waals surface area contributed by atoms with Crippen LogP contribution in [0.1, 0.15) is 29.4 Å². The molecule has 1 aromatic carbocycles. The van der Waals surface area contributed by atoms with Crippen LogP contribution in [0.5, 0.6) is 5.88 Å². The molecule has 1 aliphatic rings. The third kappa shape index (κ3) is 3.80. The van der Waals surface area contributed by atoms with Crippen molar-refractivity contribution in [3.63, 3.8) is 0 Å². The Hall–Kier alpha value is -2.66. The van der Waals surface area contributed by atoms with Gasteiger partial charge in [0.1, 0.15) is 18.2 Å². The van der Waals surface area contributed by atoms with Gasteiger partial charge in [-0.05, 0) is 31.0 Å². The van der Waals surface area contributed by atoms with Crippen LogP contribution in [0.4, 0.5) is 8.78 Å². The van der Waals surface area contributed by atoms with Crippen LogP contribution < -0.4 is 4.74 Å². The summed E-state index contributed by atoms with van der Waals surface area (Å²) in [4.78, 5) is 18.3. The van der Waals surface area contributed by atoms with Gasteiger partial charge in [-0.2, -0.15) is 13.7 Å². The van der Waals surface area contributed by atoms with E-state index in [9.17, 15) is 22.0 Å². The molecule has 1 atom stereocenters. The molecular formula is C17H17F2N3O5S. The van der Waals surface area contributed by atoms with E-state index in [2.05, 4.69) is 9.97 Å². The lowest BCUT2D eigenvalue weighted by Crippen LogP contribution is -2.31. The first kappa shape index (κ1) is 20.1. The number of rotatable bonds is 6. The molecule has 2 aromatic rings. The minimum atomic E-state index is -4.06. The van der Waals surface area contributed by atoms with Gasteiger partial charge in [-0.15, -0.1) is 0 Å². The number of hydrogen-bond acceptors (Lipinski definition) is 6. The largest absolute Gasteiger partial charge is 0.478 e. The minimum absolute atomic E-state index is 0.0764. The van der Waals surface area contributed by atoms with Crippen LogP contribution in [-0.2, 0) is 16.4 Å². The Kier molecular flexibility index (Phi) is 5.57. The number of aromatic carboxylic acids is 1. The van der Waals surface area contributed by atoms with E-state index in [1.807, 2.05) is 0 Å². The van der Waals surface area contributed by atoms with Crippen molar-refractivity contribution in [3.8, 4) is 5.88 Å². The summed E-state index contributed by atoms with van der Waals surface area (Å²) in [6, 6.07) is 2.57. The third-order valence-corrected chi connectivity index (χ3v) is 6.22. The molecule has 8 nitrogen and oxygen atoms in total. The van der Waals surface area contributed by atoms with E-state index < -0.39 is 39.3 Å². The number of carbonyl (C=O) groups is 1. The van der Waals surface area contributed by atoms with Crippen LogP contribution in [0.15, 0.2) is 29.4 Å². The lowest BCUT2D eigenvalue weighted by atomic mass is 10.2. The molecule has 1 aromatic heterocycles. The number of sulfonamides is 1. The third-order valence-electron chi connectivity index (χ3n) is 4.36. The van der Waals surface area contributed by atoms with Gasteiger partial charge in [0, 0.05) is 6.54 Å². The number of aryl methyl sites for hydroxylation is 1. The van der Waals surface area contributed by atoms with Crippen molar-refractivity contribution in [1.29, 1.82) is 0 Å². The van der Waals surface area contributed by atoms with Crippen molar-refractivity contribution < 1.29 is 31.8 Å². The van der Waals surface area contributed by atoms with Gasteiger partial charge in [-0.1, -0.05) is 6.92 Å². The lowest BCUT2D eigenvalue weighted by molar-refractivity contribution is 0.0691. The number of ether oxygens (including phenoxy) is 1. The van der Waals surface area contributed by atoms with E-state index in [1.165, 1.54) is 6.33 Å². The smallest absolute Gasteiger partial charge is 0.338 e. The minimum Gasteiger partial charge on any atom is -0.478 e. The van der Waals surface area contributed by atoms with Crippen molar-refractivity contribution >= 4 is 16.0 Å². The van der Waals surface area contributed by atoms with Gasteiger partial charge in [-0.3, -0.25) is 0 Å². The second-order valence-corrected chi connectivity index (χ2v) is 8.07. The molecule has 0 radical (unpaired) electrons. The Labute approximate surface area is 159 Å². The zero-order chi connectivity index (χ0) is 20.5. The molecule has 0 amide bonds. The van der Waals surface area contributed by atoms with Crippen LogP contribution in [0.25, 0.3) is 0 Å². The van der Waals surface area contributed by atoms with E-state index in [0.717, 1.165) is 22.5 Å². The normalized spacial score (nSPS) is 17.6. The van der Waals surface area contributed by atoms with Crippen LogP contribution >= 0.6 is 0 Å². The Balaban J connectivity index is 1.78. The predicted molar refractivity (Wildman–Crippen MR) is 92.5 cm³/mol. The summed E-state index contributed by atoms with van der Waals surface area (Å²) < 4.78 is 59.8. The average Bonchev–Trinajstić information content (AvgIpc) is 3.13. The van der Waals surface area contributed by atoms with Crippen molar-refractivity contribution in [1.82, 2.24) is 14.3 Å². The van der Waals surface area contributed by atoms with Gasteiger partial charge >= 0.3 is 5.97 Å². The van der Waals surface area contributed by atoms with Gasteiger partial charge < -0.3 is 9.84 Å². The van der Waals surface area contributed by atoms with Crippen LogP contribution in [-0.4, -0.2) is 53.0 Å². The van der Waals surface area contributed by atoms with E-state index in [1.54, 1.807) is 6.92 Å². The molecule has 0 aliphatic carbocycles. The fourth-order valence-corrected chi connectivity index (χ4v) is 4.38. The first-order valence-corrected chi connectivity index (χ1v) is 9.87. The molecule has 2 heterocycles. The highest BCUT2D eigenvalue weighted by Crippen LogP contribution is 2.26. The second kappa shape index (κ2) is 7.76. The molecule has 0 spiro atoms. The highest BCUT2D eigenvalue weighted by Gasteiger charge is 2.35. The monoisotopic (exact) mass is 413 g/mol. The van der Waals surface area contributed by atoms with Gasteiger partial charge in [0.05, 0.1) is 22.7 Å². The maximum absolute atomic E-state index is 14.2. The maximum atomic E-state index is 14.2. The number of aromatic nitrogens is 2. The number of hydrogen-bond donors (Lipinski definition) is 1. The fourth-order valence-electron chi connectivity index (χ4n) is 2.86. The van der Waals surface area contributed by atoms with E-state index in [4.69, 9.17) is 9.84 Å². The van der Waals surface area contributed by atoms with Gasteiger partial charge in [0.2, 0.25) is 15.8 Å². The average molecular weight is 413 g/mol. The van der Waals surface area contributed by atoms with Gasteiger partial charge in [0.15, 0.2) is 0 Å². The zero-order valence-corrected chi connectivity index (χ0v) is 15.6. The van der Waals surface area contributed by atoms with Crippen molar-refractivity contribution in [2.24, 2.45) is 0 Å². The molecule has 3 rings (SSSR count). The molecule has 1 aliphatic heterocycles. The van der Waals surface area contributed by atoms with Crippen LogP contribution in [0.3, 0.4) is 0 Å². The highest BCUT2D eigenvalue weighted by molar-refractivity contribution is 7.89. The molecule has 0 unspecified atom stereocenters. The van der Waals surface area contributed by atoms with E-state index >= 15 is 0 Å².